The zero-order valence-corrected chi connectivity index (χ0v) is 18.3. The monoisotopic (exact) mass is 446 g/mol. The molecule has 1 aromatic carbocycles. The van der Waals surface area contributed by atoms with Gasteiger partial charge in [-0.3, -0.25) is 9.78 Å². The first-order valence-electron chi connectivity index (χ1n) is 10.2. The number of nitrogens with one attached hydrogen (secondary N) is 2. The van der Waals surface area contributed by atoms with Gasteiger partial charge in [0.05, 0.1) is 23.8 Å². The summed E-state index contributed by atoms with van der Waals surface area (Å²) in [6.45, 7) is 5.42. The SMILES string of the molecule is CC(C)(C)OC(=O)NCc1n[nH]c(=O)c2ccc(-c3cncc(Oc4ncccn4)c3)cc12. The average Bonchev–Trinajstić information content (AvgIpc) is 2.78. The van der Waals surface area contributed by atoms with Gasteiger partial charge in [0.2, 0.25) is 0 Å². The number of benzene rings is 1. The summed E-state index contributed by atoms with van der Waals surface area (Å²) >= 11 is 0. The molecular formula is C23H22N6O4. The lowest BCUT2D eigenvalue weighted by Crippen LogP contribution is -2.32. The van der Waals surface area contributed by atoms with Crippen LogP contribution in [0.1, 0.15) is 26.5 Å². The number of aromatic nitrogens is 5. The number of nitrogens with zero attached hydrogens (tertiary/aromatic N) is 4. The predicted octanol–water partition coefficient (Wildman–Crippen LogP) is 3.59. The molecule has 0 saturated heterocycles. The minimum Gasteiger partial charge on any atom is -0.444 e. The first-order chi connectivity index (χ1) is 15.8. The fourth-order valence-electron chi connectivity index (χ4n) is 3.08. The molecule has 0 unspecified atom stereocenters. The highest BCUT2D eigenvalue weighted by molar-refractivity contribution is 5.88. The molecule has 0 aliphatic carbocycles. The molecule has 168 valence electrons. The number of pyridine rings is 1. The van der Waals surface area contributed by atoms with E-state index >= 15 is 0 Å². The number of carbonyl (C=O) groups is 1. The molecule has 10 nitrogen and oxygen atoms in total. The van der Waals surface area contributed by atoms with Gasteiger partial charge >= 0.3 is 12.1 Å². The Hall–Kier alpha value is -4.34. The summed E-state index contributed by atoms with van der Waals surface area (Å²) in [4.78, 5) is 36.7. The summed E-state index contributed by atoms with van der Waals surface area (Å²) in [6.07, 6.45) is 5.83. The fraction of sp³-hybridized carbons (Fsp3) is 0.217. The molecule has 33 heavy (non-hydrogen) atoms. The lowest BCUT2D eigenvalue weighted by Gasteiger charge is -2.19. The van der Waals surface area contributed by atoms with Crippen LogP contribution in [0.25, 0.3) is 21.9 Å². The van der Waals surface area contributed by atoms with Crippen molar-refractivity contribution in [2.45, 2.75) is 32.9 Å². The summed E-state index contributed by atoms with van der Waals surface area (Å²) in [5.74, 6) is 0.467. The van der Waals surface area contributed by atoms with Gasteiger partial charge in [0.15, 0.2) is 0 Å². The molecule has 0 spiro atoms. The van der Waals surface area contributed by atoms with Crippen LogP contribution in [0.15, 0.2) is 59.9 Å². The van der Waals surface area contributed by atoms with Gasteiger partial charge in [0, 0.05) is 29.5 Å². The van der Waals surface area contributed by atoms with E-state index in [1.165, 1.54) is 0 Å². The maximum absolute atomic E-state index is 12.3. The van der Waals surface area contributed by atoms with E-state index in [1.807, 2.05) is 12.1 Å². The zero-order chi connectivity index (χ0) is 23.4. The highest BCUT2D eigenvalue weighted by Gasteiger charge is 2.17. The molecule has 0 fully saturated rings. The van der Waals surface area contributed by atoms with E-state index in [-0.39, 0.29) is 18.1 Å². The molecule has 0 radical (unpaired) electrons. The van der Waals surface area contributed by atoms with Crippen molar-refractivity contribution in [2.24, 2.45) is 0 Å². The van der Waals surface area contributed by atoms with Crippen molar-refractivity contribution in [3.8, 4) is 22.9 Å². The zero-order valence-electron chi connectivity index (χ0n) is 18.3. The molecule has 0 atom stereocenters. The summed E-state index contributed by atoms with van der Waals surface area (Å²) in [5.41, 5.74) is 1.10. The van der Waals surface area contributed by atoms with Crippen LogP contribution < -0.4 is 15.6 Å². The van der Waals surface area contributed by atoms with E-state index < -0.39 is 11.7 Å². The Bertz CT molecular complexity index is 1350. The Morgan fingerprint density at radius 2 is 1.85 bits per heavy atom. The Kier molecular flexibility index (Phi) is 5.99. The molecule has 4 rings (SSSR count). The number of hydrogen-bond acceptors (Lipinski definition) is 8. The number of ether oxygens (including phenoxy) is 2. The number of rotatable bonds is 5. The standard InChI is InChI=1S/C23H22N6O4/c1-23(2,3)33-22(31)27-13-19-18-10-14(5-6-17(18)20(30)29-28-19)15-9-16(12-24-11-15)32-21-25-7-4-8-26-21/h4-12H,13H2,1-3H3,(H,27,31)(H,29,30). The maximum atomic E-state index is 12.3. The van der Waals surface area contributed by atoms with Gasteiger partial charge in [-0.05, 0) is 50.6 Å². The van der Waals surface area contributed by atoms with Crippen LogP contribution >= 0.6 is 0 Å². The highest BCUT2D eigenvalue weighted by atomic mass is 16.6. The summed E-state index contributed by atoms with van der Waals surface area (Å²) in [6, 6.07) is 9.04. The Morgan fingerprint density at radius 1 is 1.06 bits per heavy atom. The maximum Gasteiger partial charge on any atom is 0.407 e. The third-order valence-electron chi connectivity index (χ3n) is 4.46. The average molecular weight is 446 g/mol. The molecule has 3 aromatic heterocycles. The fourth-order valence-corrected chi connectivity index (χ4v) is 3.08. The largest absolute Gasteiger partial charge is 0.444 e. The van der Waals surface area contributed by atoms with Crippen molar-refractivity contribution in [3.05, 3.63) is 71.2 Å². The number of hydrogen-bond donors (Lipinski definition) is 2. The predicted molar refractivity (Wildman–Crippen MR) is 121 cm³/mol. The first kappa shape index (κ1) is 21.9. The molecule has 1 amide bonds. The Morgan fingerprint density at radius 3 is 2.61 bits per heavy atom. The molecule has 0 saturated carbocycles. The van der Waals surface area contributed by atoms with E-state index in [1.54, 1.807) is 63.8 Å². The van der Waals surface area contributed by atoms with E-state index in [0.29, 0.717) is 22.2 Å². The Balaban J connectivity index is 1.63. The van der Waals surface area contributed by atoms with Gasteiger partial charge in [0.25, 0.3) is 5.56 Å². The van der Waals surface area contributed by atoms with Crippen molar-refractivity contribution in [2.75, 3.05) is 0 Å². The molecule has 3 heterocycles. The highest BCUT2D eigenvalue weighted by Crippen LogP contribution is 2.27. The van der Waals surface area contributed by atoms with Crippen LogP contribution in [-0.2, 0) is 11.3 Å². The topological polar surface area (TPSA) is 132 Å². The van der Waals surface area contributed by atoms with Crippen LogP contribution in [0.5, 0.6) is 11.8 Å². The van der Waals surface area contributed by atoms with Crippen molar-refractivity contribution >= 4 is 16.9 Å². The molecule has 0 aliphatic rings. The van der Waals surface area contributed by atoms with Crippen LogP contribution in [0.4, 0.5) is 4.79 Å². The van der Waals surface area contributed by atoms with Crippen LogP contribution in [0.3, 0.4) is 0 Å². The summed E-state index contributed by atoms with van der Waals surface area (Å²) in [7, 11) is 0. The molecule has 0 bridgehead atoms. The molecule has 0 aliphatic heterocycles. The van der Waals surface area contributed by atoms with Crippen molar-refractivity contribution in [3.63, 3.8) is 0 Å². The van der Waals surface area contributed by atoms with E-state index in [4.69, 9.17) is 9.47 Å². The number of alkyl carbamates (subject to hydrolysis) is 1. The number of aromatic amines is 1. The van der Waals surface area contributed by atoms with Crippen molar-refractivity contribution in [1.82, 2.24) is 30.5 Å². The minimum absolute atomic E-state index is 0.0817. The van der Waals surface area contributed by atoms with Crippen molar-refractivity contribution < 1.29 is 14.3 Å². The Labute approximate surface area is 189 Å². The van der Waals surface area contributed by atoms with Crippen LogP contribution in [0, 0.1) is 0 Å². The molecular weight excluding hydrogens is 424 g/mol. The molecule has 2 N–H and O–H groups in total. The van der Waals surface area contributed by atoms with E-state index in [0.717, 1.165) is 11.1 Å². The second-order valence-corrected chi connectivity index (χ2v) is 8.16. The third kappa shape index (κ3) is 5.48. The van der Waals surface area contributed by atoms with Gasteiger partial charge < -0.3 is 14.8 Å². The number of fused-ring (bicyclic) bond motifs is 1. The minimum atomic E-state index is -0.622. The summed E-state index contributed by atoms with van der Waals surface area (Å²) in [5, 5.41) is 10.3. The van der Waals surface area contributed by atoms with Gasteiger partial charge in [0.1, 0.15) is 11.4 Å². The second kappa shape index (κ2) is 9.03. The van der Waals surface area contributed by atoms with E-state index in [2.05, 4.69) is 30.5 Å². The number of H-pyrrole nitrogens is 1. The molecule has 4 aromatic rings. The smallest absolute Gasteiger partial charge is 0.407 e. The first-order valence-corrected chi connectivity index (χ1v) is 10.2. The third-order valence-corrected chi connectivity index (χ3v) is 4.46. The number of carbonyl (C=O) groups excluding carboxylic acids is 1. The quantitative estimate of drug-likeness (QED) is 0.475. The molecule has 10 heteroatoms. The van der Waals surface area contributed by atoms with Gasteiger partial charge in [-0.1, -0.05) is 6.07 Å². The van der Waals surface area contributed by atoms with Crippen LogP contribution in [-0.4, -0.2) is 36.8 Å². The lowest BCUT2D eigenvalue weighted by atomic mass is 10.0. The number of amides is 1. The summed E-state index contributed by atoms with van der Waals surface area (Å²) < 4.78 is 10.9. The van der Waals surface area contributed by atoms with Crippen molar-refractivity contribution in [1.29, 1.82) is 0 Å². The van der Waals surface area contributed by atoms with E-state index in [9.17, 15) is 9.59 Å². The normalized spacial score (nSPS) is 11.2. The van der Waals surface area contributed by atoms with Gasteiger partial charge in [-0.25, -0.2) is 19.9 Å². The lowest BCUT2D eigenvalue weighted by molar-refractivity contribution is 0.0523. The van der Waals surface area contributed by atoms with Gasteiger partial charge in [-0.15, -0.1) is 0 Å². The van der Waals surface area contributed by atoms with Gasteiger partial charge in [-0.2, -0.15) is 5.10 Å². The van der Waals surface area contributed by atoms with Crippen LogP contribution in [0.2, 0.25) is 0 Å². The second-order valence-electron chi connectivity index (χ2n) is 8.16.